The van der Waals surface area contributed by atoms with Gasteiger partial charge in [-0.15, -0.1) is 6.58 Å². The predicted molar refractivity (Wildman–Crippen MR) is 81.6 cm³/mol. The Labute approximate surface area is 125 Å². The fourth-order valence-corrected chi connectivity index (χ4v) is 1.74. The van der Waals surface area contributed by atoms with Crippen LogP contribution in [0.5, 0.6) is 0 Å². The summed E-state index contributed by atoms with van der Waals surface area (Å²) >= 11 is 0. The molecule has 1 unspecified atom stereocenters. The SMILES string of the molecule is C=CCNC(=O)C(=O)NCC(C)(O)CCc1ccccc1. The van der Waals surface area contributed by atoms with E-state index in [1.165, 1.54) is 6.08 Å². The first-order valence-electron chi connectivity index (χ1n) is 6.88. The van der Waals surface area contributed by atoms with E-state index in [-0.39, 0.29) is 13.1 Å². The summed E-state index contributed by atoms with van der Waals surface area (Å²) in [7, 11) is 0. The molecule has 0 aliphatic rings. The fourth-order valence-electron chi connectivity index (χ4n) is 1.74. The van der Waals surface area contributed by atoms with E-state index in [0.717, 1.165) is 5.56 Å². The van der Waals surface area contributed by atoms with Gasteiger partial charge in [-0.2, -0.15) is 0 Å². The number of amides is 2. The van der Waals surface area contributed by atoms with Gasteiger partial charge in [-0.3, -0.25) is 9.59 Å². The highest BCUT2D eigenvalue weighted by molar-refractivity contribution is 6.35. The largest absolute Gasteiger partial charge is 0.388 e. The molecule has 1 aromatic rings. The van der Waals surface area contributed by atoms with Crippen molar-refractivity contribution < 1.29 is 14.7 Å². The lowest BCUT2D eigenvalue weighted by Gasteiger charge is -2.23. The Kier molecular flexibility index (Phi) is 6.62. The quantitative estimate of drug-likeness (QED) is 0.513. The second-order valence-electron chi connectivity index (χ2n) is 5.16. The van der Waals surface area contributed by atoms with Gasteiger partial charge in [-0.1, -0.05) is 36.4 Å². The number of hydrogen-bond donors (Lipinski definition) is 3. The molecule has 0 saturated carbocycles. The number of carbonyl (C=O) groups excluding carboxylic acids is 2. The number of aryl methyl sites for hydroxylation is 1. The highest BCUT2D eigenvalue weighted by Crippen LogP contribution is 2.13. The predicted octanol–water partition coefficient (Wildman–Crippen LogP) is 0.789. The molecule has 3 N–H and O–H groups in total. The van der Waals surface area contributed by atoms with Crippen LogP contribution in [0.2, 0.25) is 0 Å². The summed E-state index contributed by atoms with van der Waals surface area (Å²) in [5, 5.41) is 15.0. The Morgan fingerprint density at radius 2 is 1.86 bits per heavy atom. The van der Waals surface area contributed by atoms with Gasteiger partial charge in [0, 0.05) is 13.1 Å². The third-order valence-electron chi connectivity index (χ3n) is 3.04. The molecule has 0 saturated heterocycles. The molecule has 21 heavy (non-hydrogen) atoms. The minimum Gasteiger partial charge on any atom is -0.388 e. The topological polar surface area (TPSA) is 78.4 Å². The van der Waals surface area contributed by atoms with Gasteiger partial charge < -0.3 is 15.7 Å². The summed E-state index contributed by atoms with van der Waals surface area (Å²) < 4.78 is 0. The molecule has 2 amide bonds. The van der Waals surface area contributed by atoms with Crippen molar-refractivity contribution in [2.45, 2.75) is 25.4 Å². The second kappa shape index (κ2) is 8.21. The Morgan fingerprint density at radius 1 is 1.24 bits per heavy atom. The van der Waals surface area contributed by atoms with Crippen molar-refractivity contribution in [1.29, 1.82) is 0 Å². The number of aliphatic hydroxyl groups is 1. The molecular formula is C16H22N2O3. The zero-order valence-corrected chi connectivity index (χ0v) is 12.3. The van der Waals surface area contributed by atoms with Gasteiger partial charge >= 0.3 is 11.8 Å². The lowest BCUT2D eigenvalue weighted by molar-refractivity contribution is -0.139. The van der Waals surface area contributed by atoms with Gasteiger partial charge in [0.2, 0.25) is 0 Å². The Morgan fingerprint density at radius 3 is 2.48 bits per heavy atom. The normalized spacial score (nSPS) is 13.0. The van der Waals surface area contributed by atoms with Gasteiger partial charge in [0.1, 0.15) is 0 Å². The number of benzene rings is 1. The molecule has 0 bridgehead atoms. The van der Waals surface area contributed by atoms with Crippen LogP contribution in [0.1, 0.15) is 18.9 Å². The Balaban J connectivity index is 2.36. The van der Waals surface area contributed by atoms with Gasteiger partial charge in [-0.05, 0) is 25.3 Å². The number of nitrogens with one attached hydrogen (secondary N) is 2. The van der Waals surface area contributed by atoms with Crippen LogP contribution < -0.4 is 10.6 Å². The third kappa shape index (κ3) is 6.72. The molecule has 5 nitrogen and oxygen atoms in total. The first kappa shape index (κ1) is 16.9. The summed E-state index contributed by atoms with van der Waals surface area (Å²) in [5.74, 6) is -1.48. The van der Waals surface area contributed by atoms with Crippen molar-refractivity contribution in [1.82, 2.24) is 10.6 Å². The summed E-state index contributed by atoms with van der Waals surface area (Å²) in [6.07, 6.45) is 2.68. The molecular weight excluding hydrogens is 268 g/mol. The summed E-state index contributed by atoms with van der Waals surface area (Å²) in [6.45, 7) is 5.34. The summed E-state index contributed by atoms with van der Waals surface area (Å²) in [4.78, 5) is 22.8. The molecule has 1 aromatic carbocycles. The minimum atomic E-state index is -1.07. The maximum atomic E-state index is 11.5. The van der Waals surface area contributed by atoms with Crippen LogP contribution in [-0.2, 0) is 16.0 Å². The third-order valence-corrected chi connectivity index (χ3v) is 3.04. The van der Waals surface area contributed by atoms with E-state index in [9.17, 15) is 14.7 Å². The maximum absolute atomic E-state index is 11.5. The van der Waals surface area contributed by atoms with Gasteiger partial charge in [0.15, 0.2) is 0 Å². The molecule has 5 heteroatoms. The molecule has 1 rings (SSSR count). The van der Waals surface area contributed by atoms with E-state index in [1.807, 2.05) is 30.3 Å². The molecule has 0 heterocycles. The van der Waals surface area contributed by atoms with Crippen LogP contribution >= 0.6 is 0 Å². The molecule has 0 aliphatic heterocycles. The average Bonchev–Trinajstić information content (AvgIpc) is 2.49. The molecule has 0 radical (unpaired) electrons. The summed E-state index contributed by atoms with van der Waals surface area (Å²) in [6, 6.07) is 9.78. The highest BCUT2D eigenvalue weighted by atomic mass is 16.3. The second-order valence-corrected chi connectivity index (χ2v) is 5.16. The lowest BCUT2D eigenvalue weighted by atomic mass is 9.97. The first-order valence-corrected chi connectivity index (χ1v) is 6.88. The van der Waals surface area contributed by atoms with Crippen LogP contribution in [0.4, 0.5) is 0 Å². The Hall–Kier alpha value is -2.14. The fraction of sp³-hybridized carbons (Fsp3) is 0.375. The van der Waals surface area contributed by atoms with Crippen molar-refractivity contribution in [3.63, 3.8) is 0 Å². The van der Waals surface area contributed by atoms with E-state index in [4.69, 9.17) is 0 Å². The number of hydrogen-bond acceptors (Lipinski definition) is 3. The van der Waals surface area contributed by atoms with E-state index >= 15 is 0 Å². The standard InChI is InChI=1S/C16H22N2O3/c1-3-11-17-14(19)15(20)18-12-16(2,21)10-9-13-7-5-4-6-8-13/h3-8,21H,1,9-12H2,2H3,(H,17,19)(H,18,20). The zero-order chi connectivity index (χ0) is 15.7. The number of carbonyl (C=O) groups is 2. The minimum absolute atomic E-state index is 0.0280. The first-order chi connectivity index (χ1) is 9.94. The van der Waals surface area contributed by atoms with Crippen LogP contribution in [0.3, 0.4) is 0 Å². The molecule has 0 aliphatic carbocycles. The Bertz CT molecular complexity index is 484. The molecule has 1 atom stereocenters. The van der Waals surface area contributed by atoms with Gasteiger partial charge in [0.05, 0.1) is 5.60 Å². The highest BCUT2D eigenvalue weighted by Gasteiger charge is 2.22. The van der Waals surface area contributed by atoms with E-state index in [1.54, 1.807) is 6.92 Å². The monoisotopic (exact) mass is 290 g/mol. The van der Waals surface area contributed by atoms with Crippen LogP contribution in [0.25, 0.3) is 0 Å². The van der Waals surface area contributed by atoms with E-state index < -0.39 is 17.4 Å². The van der Waals surface area contributed by atoms with Crippen LogP contribution in [-0.4, -0.2) is 35.6 Å². The zero-order valence-electron chi connectivity index (χ0n) is 12.3. The van der Waals surface area contributed by atoms with Crippen molar-refractivity contribution in [2.24, 2.45) is 0 Å². The van der Waals surface area contributed by atoms with Gasteiger partial charge in [-0.25, -0.2) is 0 Å². The van der Waals surface area contributed by atoms with Gasteiger partial charge in [0.25, 0.3) is 0 Å². The van der Waals surface area contributed by atoms with E-state index in [0.29, 0.717) is 12.8 Å². The molecule has 0 spiro atoms. The molecule has 0 aromatic heterocycles. The van der Waals surface area contributed by atoms with Crippen molar-refractivity contribution in [3.05, 3.63) is 48.6 Å². The lowest BCUT2D eigenvalue weighted by Crippen LogP contribution is -2.46. The van der Waals surface area contributed by atoms with Crippen molar-refractivity contribution >= 4 is 11.8 Å². The van der Waals surface area contributed by atoms with Crippen LogP contribution in [0.15, 0.2) is 43.0 Å². The molecule has 0 fully saturated rings. The number of rotatable bonds is 7. The average molecular weight is 290 g/mol. The van der Waals surface area contributed by atoms with Crippen LogP contribution in [0, 0.1) is 0 Å². The smallest absolute Gasteiger partial charge is 0.309 e. The van der Waals surface area contributed by atoms with Crippen molar-refractivity contribution in [2.75, 3.05) is 13.1 Å². The van der Waals surface area contributed by atoms with E-state index in [2.05, 4.69) is 17.2 Å². The molecule has 114 valence electrons. The van der Waals surface area contributed by atoms with Crippen molar-refractivity contribution in [3.8, 4) is 0 Å². The summed E-state index contributed by atoms with van der Waals surface area (Å²) in [5.41, 5.74) is 0.0531. The maximum Gasteiger partial charge on any atom is 0.309 e.